The van der Waals surface area contributed by atoms with E-state index in [9.17, 15) is 18.0 Å². The Morgan fingerprint density at radius 1 is 1.23 bits per heavy atom. The minimum absolute atomic E-state index is 0.0531. The molecule has 0 aliphatic rings. The van der Waals surface area contributed by atoms with Crippen LogP contribution in [-0.4, -0.2) is 28.8 Å². The predicted octanol–water partition coefficient (Wildman–Crippen LogP) is 4.03. The number of alkyl halides is 3. The van der Waals surface area contributed by atoms with E-state index in [1.807, 2.05) is 0 Å². The maximum Gasteiger partial charge on any atom is 0.422 e. The molecule has 3 aromatic rings. The fourth-order valence-electron chi connectivity index (χ4n) is 2.39. The number of hydrogen-bond donors (Lipinski definition) is 1. The molecular formula is C17H14F3N3O3. The van der Waals surface area contributed by atoms with Crippen molar-refractivity contribution in [1.29, 1.82) is 0 Å². The molecule has 0 fully saturated rings. The van der Waals surface area contributed by atoms with Gasteiger partial charge in [0.15, 0.2) is 6.61 Å². The number of aryl methyl sites for hydroxylation is 2. The lowest BCUT2D eigenvalue weighted by Crippen LogP contribution is -2.19. The highest BCUT2D eigenvalue weighted by molar-refractivity contribution is 6.12. The van der Waals surface area contributed by atoms with Crippen molar-refractivity contribution in [3.8, 4) is 5.75 Å². The summed E-state index contributed by atoms with van der Waals surface area (Å²) in [4.78, 5) is 16.8. The average molecular weight is 365 g/mol. The van der Waals surface area contributed by atoms with Crippen molar-refractivity contribution in [3.05, 3.63) is 47.3 Å². The number of nitrogens with one attached hydrogen (secondary N) is 1. The van der Waals surface area contributed by atoms with E-state index < -0.39 is 18.7 Å². The maximum absolute atomic E-state index is 12.6. The van der Waals surface area contributed by atoms with E-state index in [-0.39, 0.29) is 11.5 Å². The third-order valence-corrected chi connectivity index (χ3v) is 3.50. The number of anilines is 1. The number of nitrogens with zero attached hydrogens (tertiary/aromatic N) is 2. The minimum atomic E-state index is -4.41. The Bertz CT molecular complexity index is 950. The largest absolute Gasteiger partial charge is 0.484 e. The number of fused-ring (bicyclic) bond motifs is 1. The molecule has 0 aliphatic heterocycles. The van der Waals surface area contributed by atoms with Gasteiger partial charge in [0, 0.05) is 11.4 Å². The summed E-state index contributed by atoms with van der Waals surface area (Å²) in [5.41, 5.74) is 2.15. The molecule has 0 radical (unpaired) electrons. The Balaban J connectivity index is 1.77. The highest BCUT2D eigenvalue weighted by Crippen LogP contribution is 2.24. The molecule has 0 atom stereocenters. The number of amides is 1. The number of hydrogen-bond acceptors (Lipinski definition) is 5. The van der Waals surface area contributed by atoms with Gasteiger partial charge in [0.05, 0.1) is 16.6 Å². The van der Waals surface area contributed by atoms with Crippen molar-refractivity contribution in [3.63, 3.8) is 0 Å². The summed E-state index contributed by atoms with van der Waals surface area (Å²) >= 11 is 0. The zero-order valence-electron chi connectivity index (χ0n) is 13.8. The molecule has 3 rings (SSSR count). The first-order chi connectivity index (χ1) is 12.2. The number of aromatic nitrogens is 2. The van der Waals surface area contributed by atoms with E-state index in [2.05, 4.69) is 20.2 Å². The first-order valence-corrected chi connectivity index (χ1v) is 7.57. The van der Waals surface area contributed by atoms with Gasteiger partial charge in [0.2, 0.25) is 0 Å². The van der Waals surface area contributed by atoms with E-state index in [0.29, 0.717) is 28.0 Å². The molecule has 0 aliphatic carbocycles. The van der Waals surface area contributed by atoms with E-state index in [1.54, 1.807) is 19.9 Å². The summed E-state index contributed by atoms with van der Waals surface area (Å²) in [5, 5.41) is 7.01. The summed E-state index contributed by atoms with van der Waals surface area (Å²) in [6.45, 7) is 2.05. The van der Waals surface area contributed by atoms with E-state index in [1.165, 1.54) is 24.3 Å². The lowest BCUT2D eigenvalue weighted by atomic mass is 10.1. The molecule has 26 heavy (non-hydrogen) atoms. The molecule has 6 nitrogen and oxygen atoms in total. The van der Waals surface area contributed by atoms with Crippen LogP contribution in [0.3, 0.4) is 0 Å². The number of carbonyl (C=O) groups is 1. The van der Waals surface area contributed by atoms with Crippen LogP contribution in [0, 0.1) is 13.8 Å². The van der Waals surface area contributed by atoms with Gasteiger partial charge in [-0.3, -0.25) is 4.79 Å². The number of rotatable bonds is 4. The van der Waals surface area contributed by atoms with Crippen LogP contribution in [-0.2, 0) is 0 Å². The van der Waals surface area contributed by atoms with Gasteiger partial charge in [-0.05, 0) is 44.2 Å². The topological polar surface area (TPSA) is 77.2 Å². The van der Waals surface area contributed by atoms with Crippen LogP contribution in [0.4, 0.5) is 18.9 Å². The summed E-state index contributed by atoms with van der Waals surface area (Å²) < 4.78 is 46.2. The van der Waals surface area contributed by atoms with Gasteiger partial charge in [0.1, 0.15) is 5.75 Å². The molecule has 0 spiro atoms. The molecule has 0 saturated heterocycles. The number of carbonyl (C=O) groups excluding carboxylic acids is 1. The monoisotopic (exact) mass is 365 g/mol. The van der Waals surface area contributed by atoms with Crippen molar-refractivity contribution in [2.75, 3.05) is 11.9 Å². The molecule has 0 bridgehead atoms. The lowest BCUT2D eigenvalue weighted by molar-refractivity contribution is -0.153. The van der Waals surface area contributed by atoms with E-state index >= 15 is 0 Å². The highest BCUT2D eigenvalue weighted by Gasteiger charge is 2.28. The fraction of sp³-hybridized carbons (Fsp3) is 0.235. The molecular weight excluding hydrogens is 351 g/mol. The Hall–Kier alpha value is -3.10. The van der Waals surface area contributed by atoms with Crippen molar-refractivity contribution in [2.24, 2.45) is 0 Å². The first-order valence-electron chi connectivity index (χ1n) is 7.57. The summed E-state index contributed by atoms with van der Waals surface area (Å²) in [5.74, 6) is -0.354. The van der Waals surface area contributed by atoms with E-state index in [4.69, 9.17) is 4.52 Å². The van der Waals surface area contributed by atoms with Crippen molar-refractivity contribution >= 4 is 22.7 Å². The predicted molar refractivity (Wildman–Crippen MR) is 87.2 cm³/mol. The summed E-state index contributed by atoms with van der Waals surface area (Å²) in [7, 11) is 0. The Kier molecular flexibility index (Phi) is 4.54. The molecule has 1 amide bonds. The fourth-order valence-corrected chi connectivity index (χ4v) is 2.39. The smallest absolute Gasteiger partial charge is 0.422 e. The maximum atomic E-state index is 12.6. The van der Waals surface area contributed by atoms with Crippen LogP contribution in [0.15, 0.2) is 34.9 Å². The summed E-state index contributed by atoms with van der Waals surface area (Å²) in [6.07, 6.45) is -4.41. The van der Waals surface area contributed by atoms with Crippen molar-refractivity contribution in [2.45, 2.75) is 20.0 Å². The molecule has 0 saturated carbocycles. The molecule has 2 aromatic heterocycles. The van der Waals surface area contributed by atoms with E-state index in [0.717, 1.165) is 0 Å². The second-order valence-corrected chi connectivity index (χ2v) is 5.64. The number of halogens is 3. The normalized spacial score (nSPS) is 11.6. The van der Waals surface area contributed by atoms with Gasteiger partial charge in [0.25, 0.3) is 11.6 Å². The third-order valence-electron chi connectivity index (χ3n) is 3.50. The van der Waals surface area contributed by atoms with Gasteiger partial charge in [-0.2, -0.15) is 13.2 Å². The lowest BCUT2D eigenvalue weighted by Gasteiger charge is -2.10. The van der Waals surface area contributed by atoms with Gasteiger partial charge in [-0.1, -0.05) is 5.16 Å². The van der Waals surface area contributed by atoms with Crippen LogP contribution in [0.2, 0.25) is 0 Å². The molecule has 1 aromatic carbocycles. The van der Waals surface area contributed by atoms with Gasteiger partial charge in [-0.25, -0.2) is 4.98 Å². The molecule has 136 valence electrons. The second kappa shape index (κ2) is 6.66. The molecule has 1 N–H and O–H groups in total. The Morgan fingerprint density at radius 2 is 1.92 bits per heavy atom. The van der Waals surface area contributed by atoms with Crippen LogP contribution in [0.5, 0.6) is 5.75 Å². The Morgan fingerprint density at radius 3 is 2.58 bits per heavy atom. The summed E-state index contributed by atoms with van der Waals surface area (Å²) in [6, 6.07) is 7.21. The van der Waals surface area contributed by atoms with Gasteiger partial charge < -0.3 is 14.6 Å². The highest BCUT2D eigenvalue weighted by atomic mass is 19.4. The van der Waals surface area contributed by atoms with Crippen LogP contribution >= 0.6 is 0 Å². The number of ether oxygens (including phenoxy) is 1. The standard InChI is InChI=1S/C17H14F3N3O3/c1-9-7-13(14-10(2)23-26-16(14)21-9)15(24)22-11-3-5-12(6-4-11)25-8-17(18,19)20/h3-7H,8H2,1-2H3,(H,22,24). The molecule has 2 heterocycles. The van der Waals surface area contributed by atoms with Crippen molar-refractivity contribution < 1.29 is 27.2 Å². The quantitative estimate of drug-likeness (QED) is 0.755. The zero-order chi connectivity index (χ0) is 18.9. The van der Waals surface area contributed by atoms with Crippen LogP contribution in [0.1, 0.15) is 21.7 Å². The Labute approximate surface area is 146 Å². The van der Waals surface area contributed by atoms with Gasteiger partial charge >= 0.3 is 6.18 Å². The second-order valence-electron chi connectivity index (χ2n) is 5.64. The van der Waals surface area contributed by atoms with Crippen LogP contribution in [0.25, 0.3) is 11.1 Å². The SMILES string of the molecule is Cc1cc(C(=O)Nc2ccc(OCC(F)(F)F)cc2)c2c(C)noc2n1. The first kappa shape index (κ1) is 17.7. The van der Waals surface area contributed by atoms with Crippen LogP contribution < -0.4 is 10.1 Å². The number of benzene rings is 1. The zero-order valence-corrected chi connectivity index (χ0v) is 13.8. The van der Waals surface area contributed by atoms with Gasteiger partial charge in [-0.15, -0.1) is 0 Å². The van der Waals surface area contributed by atoms with Crippen molar-refractivity contribution in [1.82, 2.24) is 10.1 Å². The average Bonchev–Trinajstić information content (AvgIpc) is 2.93. The minimum Gasteiger partial charge on any atom is -0.484 e. The number of pyridine rings is 1. The molecule has 0 unspecified atom stereocenters. The molecule has 9 heteroatoms. The third kappa shape index (κ3) is 3.93.